The molecule has 0 saturated carbocycles. The molecule has 2 nitrogen and oxygen atoms in total. The Kier molecular flexibility index (Phi) is 1.62. The lowest BCUT2D eigenvalue weighted by molar-refractivity contribution is -0.416. The first-order chi connectivity index (χ1) is 4.72. The highest BCUT2D eigenvalue weighted by atomic mass is 15.0. The summed E-state index contributed by atoms with van der Waals surface area (Å²) >= 11 is 0. The van der Waals surface area contributed by atoms with Crippen molar-refractivity contribution in [2.45, 2.75) is 6.92 Å². The second-order valence-corrected chi connectivity index (χ2v) is 2.18. The number of allylic oxidation sites excluding steroid dienone is 2. The predicted molar refractivity (Wildman–Crippen MR) is 40.4 cm³/mol. The van der Waals surface area contributed by atoms with Crippen LogP contribution in [0, 0.1) is 12.3 Å². The van der Waals surface area contributed by atoms with Gasteiger partial charge >= 0.3 is 0 Å². The fourth-order valence-electron chi connectivity index (χ4n) is 0.825. The first-order valence-corrected chi connectivity index (χ1v) is 3.01. The third kappa shape index (κ3) is 1.28. The predicted octanol–water partition coefficient (Wildman–Crippen LogP) is 0.280. The number of rotatable bonds is 0. The van der Waals surface area contributed by atoms with E-state index < -0.39 is 0 Å². The van der Waals surface area contributed by atoms with Crippen molar-refractivity contribution >= 4 is 5.87 Å². The minimum atomic E-state index is 0.683. The molecule has 0 aliphatic carbocycles. The van der Waals surface area contributed by atoms with Crippen LogP contribution in [-0.4, -0.2) is 17.5 Å². The normalized spacial score (nSPS) is 15.9. The van der Waals surface area contributed by atoms with Crippen molar-refractivity contribution < 1.29 is 4.58 Å². The molecular formula is C8H9N2+. The Hall–Kier alpha value is -1.45. The highest BCUT2D eigenvalue weighted by Gasteiger charge is 2.03. The summed E-state index contributed by atoms with van der Waals surface area (Å²) in [6.07, 6.45) is 7.08. The van der Waals surface area contributed by atoms with E-state index in [0.717, 1.165) is 5.70 Å². The van der Waals surface area contributed by atoms with Crippen molar-refractivity contribution in [1.82, 2.24) is 5.32 Å². The molecule has 0 atom stereocenters. The monoisotopic (exact) mass is 133 g/mol. The van der Waals surface area contributed by atoms with E-state index in [2.05, 4.69) is 17.1 Å². The molecule has 0 aromatic heterocycles. The van der Waals surface area contributed by atoms with Crippen LogP contribution < -0.4 is 5.32 Å². The summed E-state index contributed by atoms with van der Waals surface area (Å²) in [5.74, 6) is 5.40. The minimum absolute atomic E-state index is 0.683. The molecule has 0 aromatic rings. The molecule has 0 radical (unpaired) electrons. The summed E-state index contributed by atoms with van der Waals surface area (Å²) in [5.41, 5.74) is 1.72. The highest BCUT2D eigenvalue weighted by Crippen LogP contribution is 1.94. The topological polar surface area (TPSA) is 15.0 Å². The lowest BCUT2D eigenvalue weighted by Gasteiger charge is -2.01. The van der Waals surface area contributed by atoms with Crippen LogP contribution in [0.2, 0.25) is 0 Å². The van der Waals surface area contributed by atoms with Gasteiger partial charge in [0.1, 0.15) is 7.05 Å². The van der Waals surface area contributed by atoms with Gasteiger partial charge < -0.3 is 5.32 Å². The quantitative estimate of drug-likeness (QED) is 0.370. The second kappa shape index (κ2) is 2.43. The Bertz CT molecular complexity index is 283. The average Bonchev–Trinajstić information content (AvgIpc) is 1.85. The Morgan fingerprint density at radius 3 is 3.00 bits per heavy atom. The Labute approximate surface area is 60.6 Å². The standard InChI is InChI=1S/C8H9N2/c1-4-8-6-10(3)5-7(2)9-8/h1,5,9H,2-3H3/q+1. The smallest absolute Gasteiger partial charge is 0.208 e. The van der Waals surface area contributed by atoms with Crippen molar-refractivity contribution in [1.29, 1.82) is 0 Å². The Balaban J connectivity index is 3.06. The van der Waals surface area contributed by atoms with Crippen molar-refractivity contribution in [3.8, 4) is 12.3 Å². The van der Waals surface area contributed by atoms with Gasteiger partial charge in [-0.1, -0.05) is 0 Å². The molecule has 1 heterocycles. The van der Waals surface area contributed by atoms with E-state index in [-0.39, 0.29) is 0 Å². The first kappa shape index (κ1) is 6.67. The van der Waals surface area contributed by atoms with Crippen molar-refractivity contribution in [2.75, 3.05) is 7.05 Å². The van der Waals surface area contributed by atoms with Crippen molar-refractivity contribution in [3.05, 3.63) is 17.6 Å². The van der Waals surface area contributed by atoms with Gasteiger partial charge in [0.2, 0.25) is 11.6 Å². The third-order valence-electron chi connectivity index (χ3n) is 1.14. The van der Waals surface area contributed by atoms with Crippen molar-refractivity contribution in [3.63, 3.8) is 0 Å². The molecule has 0 bridgehead atoms. The molecule has 0 saturated heterocycles. The number of nitrogens with one attached hydrogen (secondary N) is 1. The molecule has 2 heteroatoms. The number of hydrogen-bond acceptors (Lipinski definition) is 1. The van der Waals surface area contributed by atoms with E-state index in [1.54, 1.807) is 4.58 Å². The van der Waals surface area contributed by atoms with Gasteiger partial charge in [-0.25, -0.2) is 0 Å². The van der Waals surface area contributed by atoms with Gasteiger partial charge in [-0.15, -0.1) is 6.42 Å². The lowest BCUT2D eigenvalue weighted by Crippen LogP contribution is -2.17. The molecule has 0 spiro atoms. The van der Waals surface area contributed by atoms with Crippen LogP contribution in [0.25, 0.3) is 0 Å². The average molecular weight is 133 g/mol. The molecule has 1 rings (SSSR count). The van der Waals surface area contributed by atoms with Crippen LogP contribution in [0.4, 0.5) is 0 Å². The van der Waals surface area contributed by atoms with Crippen molar-refractivity contribution in [2.24, 2.45) is 0 Å². The van der Waals surface area contributed by atoms with E-state index in [9.17, 15) is 0 Å². The van der Waals surface area contributed by atoms with Crippen LogP contribution in [-0.2, 0) is 0 Å². The number of terminal acetylenes is 1. The van der Waals surface area contributed by atoms with E-state index in [1.165, 1.54) is 0 Å². The molecule has 0 unspecified atom stereocenters. The van der Waals surface area contributed by atoms with Gasteiger partial charge in [0.15, 0.2) is 6.20 Å². The largest absolute Gasteiger partial charge is 0.336 e. The van der Waals surface area contributed by atoms with Gasteiger partial charge in [-0.05, 0) is 12.8 Å². The molecule has 50 valence electrons. The van der Waals surface area contributed by atoms with Gasteiger partial charge in [-0.2, -0.15) is 4.58 Å². The molecular weight excluding hydrogens is 124 g/mol. The summed E-state index contributed by atoms with van der Waals surface area (Å²) in [4.78, 5) is 0. The second-order valence-electron chi connectivity index (χ2n) is 2.18. The molecule has 1 aliphatic heterocycles. The zero-order valence-corrected chi connectivity index (χ0v) is 6.10. The third-order valence-corrected chi connectivity index (χ3v) is 1.14. The van der Waals surface area contributed by atoms with E-state index in [1.807, 2.05) is 20.2 Å². The van der Waals surface area contributed by atoms with Crippen LogP contribution in [0.5, 0.6) is 0 Å². The molecule has 1 aliphatic rings. The Morgan fingerprint density at radius 2 is 2.50 bits per heavy atom. The first-order valence-electron chi connectivity index (χ1n) is 3.01. The fourth-order valence-corrected chi connectivity index (χ4v) is 0.825. The molecule has 0 aromatic carbocycles. The van der Waals surface area contributed by atoms with E-state index in [4.69, 9.17) is 6.42 Å². The molecule has 0 fully saturated rings. The van der Waals surface area contributed by atoms with Gasteiger partial charge in [0.25, 0.3) is 0 Å². The Morgan fingerprint density at radius 1 is 1.80 bits per heavy atom. The number of nitrogens with zero attached hydrogens (tertiary/aromatic N) is 1. The number of hydrogen-bond donors (Lipinski definition) is 1. The zero-order chi connectivity index (χ0) is 7.56. The van der Waals surface area contributed by atoms with Gasteiger partial charge in [0.05, 0.1) is 5.70 Å². The lowest BCUT2D eigenvalue weighted by atomic mass is 10.4. The van der Waals surface area contributed by atoms with E-state index >= 15 is 0 Å². The van der Waals surface area contributed by atoms with Crippen LogP contribution >= 0.6 is 0 Å². The van der Waals surface area contributed by atoms with Crippen LogP contribution in [0.1, 0.15) is 6.92 Å². The maximum atomic E-state index is 5.16. The maximum Gasteiger partial charge on any atom is 0.208 e. The molecule has 0 amide bonds. The molecule has 10 heavy (non-hydrogen) atoms. The van der Waals surface area contributed by atoms with Crippen LogP contribution in [0.3, 0.4) is 0 Å². The van der Waals surface area contributed by atoms with Gasteiger partial charge in [-0.3, -0.25) is 0 Å². The minimum Gasteiger partial charge on any atom is -0.336 e. The fraction of sp³-hybridized carbons (Fsp3) is 0.250. The summed E-state index contributed by atoms with van der Waals surface area (Å²) in [7, 11) is 1.89. The summed E-state index contributed by atoms with van der Waals surface area (Å²) in [6.45, 7) is 1.95. The van der Waals surface area contributed by atoms with Crippen LogP contribution in [0.15, 0.2) is 17.6 Å². The summed E-state index contributed by atoms with van der Waals surface area (Å²) in [6, 6.07) is 0. The van der Waals surface area contributed by atoms with Gasteiger partial charge in [0, 0.05) is 0 Å². The highest BCUT2D eigenvalue weighted by molar-refractivity contribution is 5.61. The SMILES string of the molecule is C#CC1=C=[N+](C)C=C(C)N1. The maximum absolute atomic E-state index is 5.16. The molecule has 1 N–H and O–H groups in total. The zero-order valence-electron chi connectivity index (χ0n) is 6.10. The summed E-state index contributed by atoms with van der Waals surface area (Å²) < 4.78 is 1.81. The van der Waals surface area contributed by atoms with E-state index in [0.29, 0.717) is 5.70 Å². The summed E-state index contributed by atoms with van der Waals surface area (Å²) in [5, 5.41) is 2.99.